The van der Waals surface area contributed by atoms with E-state index in [0.29, 0.717) is 0 Å². The molecule has 0 heterocycles. The quantitative estimate of drug-likeness (QED) is 0.169. The summed E-state index contributed by atoms with van der Waals surface area (Å²) in [6.07, 6.45) is 0. The van der Waals surface area contributed by atoms with Gasteiger partial charge in [-0.2, -0.15) is 0 Å². The zero-order valence-corrected chi connectivity index (χ0v) is 33.2. The van der Waals surface area contributed by atoms with Gasteiger partial charge in [-0.1, -0.05) is 184 Å². The number of fused-ring (bicyclic) bond motifs is 13. The molecule has 1 unspecified atom stereocenters. The summed E-state index contributed by atoms with van der Waals surface area (Å²) in [5.41, 5.74) is 23.7. The van der Waals surface area contributed by atoms with Gasteiger partial charge < -0.3 is 4.90 Å². The Hall–Kier alpha value is -7.22. The van der Waals surface area contributed by atoms with Gasteiger partial charge in [0.25, 0.3) is 0 Å². The van der Waals surface area contributed by atoms with Crippen LogP contribution < -0.4 is 4.90 Å². The average molecular weight is 752 g/mol. The lowest BCUT2D eigenvalue weighted by atomic mass is 9.70. The fraction of sp³-hybridized carbons (Fsp3) is 0.0690. The maximum atomic E-state index is 2.51. The lowest BCUT2D eigenvalue weighted by Crippen LogP contribution is -2.26. The van der Waals surface area contributed by atoms with Crippen LogP contribution in [0.5, 0.6) is 0 Å². The SMILES string of the molecule is CC1(C)c2ccccc2-c2ccc(N(c3ccc(-c4ccccc4)cc3)c3ccc4c(c3)C3(c5ccccc5-c5ccc(-c6ccccc6)cc53)c3ccccc3-4)cc21. The average Bonchev–Trinajstić information content (AvgIpc) is 3.85. The first-order valence-corrected chi connectivity index (χ1v) is 20.8. The molecular weight excluding hydrogens is 711 g/mol. The fourth-order valence-corrected chi connectivity index (χ4v) is 10.8. The fourth-order valence-electron chi connectivity index (χ4n) is 10.8. The highest BCUT2D eigenvalue weighted by molar-refractivity contribution is 5.97. The van der Waals surface area contributed by atoms with Gasteiger partial charge in [-0.05, 0) is 131 Å². The van der Waals surface area contributed by atoms with Crippen LogP contribution in [0.25, 0.3) is 55.6 Å². The standard InChI is InChI=1S/C58H41N/c1-57(2)51-22-12-9-19-45(51)48-33-30-43(36-54(48)57)59(42-28-25-40(26-29-42)38-15-5-3-6-16-38)44-31-34-50-47-21-11-14-24-53(47)58(56(50)37-44)52-23-13-10-20-46(52)49-32-27-41(35-55(49)58)39-17-7-4-8-18-39/h3-37H,1-2H3. The molecule has 1 heteroatoms. The van der Waals surface area contributed by atoms with Crippen molar-refractivity contribution in [2.75, 3.05) is 4.90 Å². The maximum Gasteiger partial charge on any atom is 0.0726 e. The van der Waals surface area contributed by atoms with Gasteiger partial charge in [0.1, 0.15) is 0 Å². The second kappa shape index (κ2) is 12.6. The number of rotatable bonds is 5. The third-order valence-corrected chi connectivity index (χ3v) is 13.5. The summed E-state index contributed by atoms with van der Waals surface area (Å²) in [6, 6.07) is 79.3. The summed E-state index contributed by atoms with van der Waals surface area (Å²) in [6.45, 7) is 4.74. The number of hydrogen-bond acceptors (Lipinski definition) is 1. The first-order valence-electron chi connectivity index (χ1n) is 20.8. The third-order valence-electron chi connectivity index (χ3n) is 13.5. The van der Waals surface area contributed by atoms with Crippen LogP contribution in [0.4, 0.5) is 17.1 Å². The van der Waals surface area contributed by atoms with Gasteiger partial charge in [0.15, 0.2) is 0 Å². The van der Waals surface area contributed by atoms with Crippen LogP contribution in [0.2, 0.25) is 0 Å². The Kier molecular flexibility index (Phi) is 7.26. The molecule has 3 aliphatic rings. The maximum absolute atomic E-state index is 2.51. The molecular formula is C58H41N. The number of nitrogens with zero attached hydrogens (tertiary/aromatic N) is 1. The highest BCUT2D eigenvalue weighted by atomic mass is 15.1. The van der Waals surface area contributed by atoms with Gasteiger partial charge in [-0.3, -0.25) is 0 Å². The topological polar surface area (TPSA) is 3.24 Å². The van der Waals surface area contributed by atoms with Crippen LogP contribution in [0, 0.1) is 0 Å². The van der Waals surface area contributed by atoms with Crippen molar-refractivity contribution in [2.24, 2.45) is 0 Å². The molecule has 0 bridgehead atoms. The molecule has 1 nitrogen and oxygen atoms in total. The first kappa shape index (κ1) is 33.9. The molecule has 0 aromatic heterocycles. The minimum Gasteiger partial charge on any atom is -0.310 e. The Bertz CT molecular complexity index is 3110. The van der Waals surface area contributed by atoms with Crippen molar-refractivity contribution in [3.05, 3.63) is 246 Å². The Morgan fingerprint density at radius 1 is 0.271 bits per heavy atom. The molecule has 0 aliphatic heterocycles. The van der Waals surface area contributed by atoms with E-state index in [4.69, 9.17) is 0 Å². The molecule has 9 aromatic carbocycles. The Labute approximate surface area is 346 Å². The van der Waals surface area contributed by atoms with E-state index in [1.807, 2.05) is 0 Å². The lowest BCUT2D eigenvalue weighted by Gasteiger charge is -2.33. The smallest absolute Gasteiger partial charge is 0.0726 e. The van der Waals surface area contributed by atoms with Crippen molar-refractivity contribution in [3.63, 3.8) is 0 Å². The molecule has 0 saturated carbocycles. The van der Waals surface area contributed by atoms with E-state index in [1.165, 1.54) is 89.0 Å². The second-order valence-electron chi connectivity index (χ2n) is 16.8. The minimum absolute atomic E-state index is 0.123. The zero-order valence-electron chi connectivity index (χ0n) is 33.2. The largest absolute Gasteiger partial charge is 0.310 e. The first-order chi connectivity index (χ1) is 29.0. The molecule has 0 N–H and O–H groups in total. The van der Waals surface area contributed by atoms with Crippen molar-refractivity contribution < 1.29 is 0 Å². The molecule has 0 saturated heterocycles. The van der Waals surface area contributed by atoms with E-state index in [0.717, 1.165) is 17.1 Å². The van der Waals surface area contributed by atoms with Gasteiger partial charge in [0.05, 0.1) is 5.41 Å². The lowest BCUT2D eigenvalue weighted by molar-refractivity contribution is 0.660. The summed E-state index contributed by atoms with van der Waals surface area (Å²) in [5.74, 6) is 0. The molecule has 3 aliphatic carbocycles. The van der Waals surface area contributed by atoms with Gasteiger partial charge in [-0.15, -0.1) is 0 Å². The third kappa shape index (κ3) is 4.79. The summed E-state index contributed by atoms with van der Waals surface area (Å²) < 4.78 is 0. The highest BCUT2D eigenvalue weighted by Gasteiger charge is 2.52. The summed E-state index contributed by atoms with van der Waals surface area (Å²) in [5, 5.41) is 0. The van der Waals surface area contributed by atoms with Gasteiger partial charge >= 0.3 is 0 Å². The predicted molar refractivity (Wildman–Crippen MR) is 246 cm³/mol. The van der Waals surface area contributed by atoms with Crippen LogP contribution in [0.1, 0.15) is 47.2 Å². The van der Waals surface area contributed by atoms with Crippen molar-refractivity contribution in [1.82, 2.24) is 0 Å². The van der Waals surface area contributed by atoms with Gasteiger partial charge in [-0.25, -0.2) is 0 Å². The Morgan fingerprint density at radius 3 is 1.24 bits per heavy atom. The van der Waals surface area contributed by atoms with Gasteiger partial charge in [0, 0.05) is 22.5 Å². The van der Waals surface area contributed by atoms with E-state index >= 15 is 0 Å². The van der Waals surface area contributed by atoms with Crippen LogP contribution in [-0.4, -0.2) is 0 Å². The molecule has 9 aromatic rings. The van der Waals surface area contributed by atoms with E-state index in [-0.39, 0.29) is 5.41 Å². The van der Waals surface area contributed by atoms with Crippen LogP contribution in [0.3, 0.4) is 0 Å². The molecule has 278 valence electrons. The van der Waals surface area contributed by atoms with Crippen molar-refractivity contribution in [1.29, 1.82) is 0 Å². The summed E-state index contributed by atoms with van der Waals surface area (Å²) in [4.78, 5) is 2.48. The number of anilines is 3. The van der Waals surface area contributed by atoms with Crippen LogP contribution in [-0.2, 0) is 10.8 Å². The van der Waals surface area contributed by atoms with E-state index in [1.54, 1.807) is 0 Å². The molecule has 0 amide bonds. The van der Waals surface area contributed by atoms with E-state index in [9.17, 15) is 0 Å². The molecule has 1 spiro atoms. The Balaban J connectivity index is 1.10. The van der Waals surface area contributed by atoms with Crippen LogP contribution in [0.15, 0.2) is 212 Å². The van der Waals surface area contributed by atoms with Crippen molar-refractivity contribution >= 4 is 17.1 Å². The second-order valence-corrected chi connectivity index (χ2v) is 16.8. The highest BCUT2D eigenvalue weighted by Crippen LogP contribution is 2.64. The zero-order chi connectivity index (χ0) is 39.3. The molecule has 0 radical (unpaired) electrons. The summed E-state index contributed by atoms with van der Waals surface area (Å²) >= 11 is 0. The summed E-state index contributed by atoms with van der Waals surface area (Å²) in [7, 11) is 0. The predicted octanol–water partition coefficient (Wildman–Crippen LogP) is 15.1. The van der Waals surface area contributed by atoms with Crippen LogP contribution >= 0.6 is 0 Å². The molecule has 1 atom stereocenters. The molecule has 12 rings (SSSR count). The number of hydrogen-bond donors (Lipinski definition) is 0. The van der Waals surface area contributed by atoms with Gasteiger partial charge in [0.2, 0.25) is 0 Å². The van der Waals surface area contributed by atoms with Crippen molar-refractivity contribution in [2.45, 2.75) is 24.7 Å². The molecule has 0 fully saturated rings. The molecule has 59 heavy (non-hydrogen) atoms. The van der Waals surface area contributed by atoms with E-state index < -0.39 is 5.41 Å². The monoisotopic (exact) mass is 751 g/mol. The number of benzene rings is 9. The van der Waals surface area contributed by atoms with E-state index in [2.05, 4.69) is 231 Å². The minimum atomic E-state index is -0.483. The normalized spacial score (nSPS) is 15.8. The van der Waals surface area contributed by atoms with Crippen molar-refractivity contribution in [3.8, 4) is 55.6 Å². The Morgan fingerprint density at radius 2 is 0.644 bits per heavy atom.